The molecule has 2 aromatic carbocycles. The Kier molecular flexibility index (Phi) is 6.82. The number of aromatic nitrogens is 3. The summed E-state index contributed by atoms with van der Waals surface area (Å²) in [7, 11) is 0. The smallest absolute Gasteiger partial charge is 0.159 e. The van der Waals surface area contributed by atoms with E-state index in [0.717, 1.165) is 23.9 Å². The molecule has 1 aliphatic heterocycles. The van der Waals surface area contributed by atoms with E-state index in [0.29, 0.717) is 16.8 Å². The largest absolute Gasteiger partial charge is 0.394 e. The number of hydrogen-bond acceptors (Lipinski definition) is 7. The van der Waals surface area contributed by atoms with Gasteiger partial charge in [-0.25, -0.2) is 17.9 Å². The molecule has 170 valence electrons. The highest BCUT2D eigenvalue weighted by Crippen LogP contribution is 2.36. The van der Waals surface area contributed by atoms with Crippen LogP contribution in [0.5, 0.6) is 0 Å². The molecule has 0 bridgehead atoms. The molecule has 1 fully saturated rings. The summed E-state index contributed by atoms with van der Waals surface area (Å²) < 4.78 is 47.0. The van der Waals surface area contributed by atoms with E-state index in [1.807, 2.05) is 0 Å². The molecule has 0 amide bonds. The van der Waals surface area contributed by atoms with Gasteiger partial charge in [0, 0.05) is 11.3 Å². The van der Waals surface area contributed by atoms with Gasteiger partial charge in [-0.3, -0.25) is 0 Å². The van der Waals surface area contributed by atoms with Crippen molar-refractivity contribution in [2.45, 2.75) is 35.5 Å². The van der Waals surface area contributed by atoms with Gasteiger partial charge >= 0.3 is 0 Å². The second kappa shape index (κ2) is 9.59. The highest BCUT2D eigenvalue weighted by molar-refractivity contribution is 7.99. The standard InChI is InChI=1S/C21H20F3N3O4S/c22-13-3-1-2-12(7-13)16-8-27(26-25-16)18-19(29)17(9-28)31-21(20(18)30)32-10-11-4-5-14(23)15(24)6-11/h1-8,17-21,28-30H,9-10H2/t17-,18+,19+,20-,21+/m1/s1. The Balaban J connectivity index is 1.55. The summed E-state index contributed by atoms with van der Waals surface area (Å²) >= 11 is 1.10. The molecular formula is C21H20F3N3O4S. The normalized spacial score (nSPS) is 25.8. The van der Waals surface area contributed by atoms with Crippen molar-refractivity contribution in [3.8, 4) is 11.3 Å². The fourth-order valence-electron chi connectivity index (χ4n) is 3.53. The second-order valence-electron chi connectivity index (χ2n) is 7.35. The average Bonchev–Trinajstić information content (AvgIpc) is 3.25. The van der Waals surface area contributed by atoms with E-state index in [4.69, 9.17) is 4.74 Å². The minimum Gasteiger partial charge on any atom is -0.394 e. The van der Waals surface area contributed by atoms with Crippen LogP contribution in [0.4, 0.5) is 13.2 Å². The van der Waals surface area contributed by atoms with Gasteiger partial charge in [-0.1, -0.05) is 23.4 Å². The summed E-state index contributed by atoms with van der Waals surface area (Å²) in [6.07, 6.45) is -2.14. The van der Waals surface area contributed by atoms with Crippen molar-refractivity contribution in [2.24, 2.45) is 0 Å². The van der Waals surface area contributed by atoms with Crippen LogP contribution in [0.2, 0.25) is 0 Å². The Bertz CT molecular complexity index is 1090. The van der Waals surface area contributed by atoms with Crippen molar-refractivity contribution in [1.82, 2.24) is 15.0 Å². The van der Waals surface area contributed by atoms with Gasteiger partial charge in [0.25, 0.3) is 0 Å². The monoisotopic (exact) mass is 467 g/mol. The third kappa shape index (κ3) is 4.66. The molecule has 11 heteroatoms. The van der Waals surface area contributed by atoms with Crippen LogP contribution in [-0.2, 0) is 10.5 Å². The zero-order chi connectivity index (χ0) is 22.8. The average molecular weight is 467 g/mol. The van der Waals surface area contributed by atoms with E-state index in [1.165, 1.54) is 35.1 Å². The van der Waals surface area contributed by atoms with E-state index >= 15 is 0 Å². The van der Waals surface area contributed by atoms with E-state index in [-0.39, 0.29) is 5.75 Å². The van der Waals surface area contributed by atoms with Gasteiger partial charge in [0.05, 0.1) is 12.8 Å². The zero-order valence-corrected chi connectivity index (χ0v) is 17.4. The minimum absolute atomic E-state index is 0.186. The highest BCUT2D eigenvalue weighted by atomic mass is 32.2. The molecular weight excluding hydrogens is 447 g/mol. The fraction of sp³-hybridized carbons (Fsp3) is 0.333. The van der Waals surface area contributed by atoms with Gasteiger partial charge < -0.3 is 20.1 Å². The number of rotatable bonds is 6. The Morgan fingerprint density at radius 3 is 2.56 bits per heavy atom. The van der Waals surface area contributed by atoms with E-state index in [9.17, 15) is 28.5 Å². The molecule has 7 nitrogen and oxygen atoms in total. The van der Waals surface area contributed by atoms with Gasteiger partial charge in [0.15, 0.2) is 11.6 Å². The number of thioether (sulfide) groups is 1. The van der Waals surface area contributed by atoms with Crippen LogP contribution in [0.25, 0.3) is 11.3 Å². The molecule has 0 spiro atoms. The number of aliphatic hydroxyl groups excluding tert-OH is 3. The van der Waals surface area contributed by atoms with Crippen LogP contribution >= 0.6 is 11.8 Å². The molecule has 1 saturated heterocycles. The number of ether oxygens (including phenoxy) is 1. The minimum atomic E-state index is -1.31. The van der Waals surface area contributed by atoms with E-state index < -0.39 is 53.8 Å². The Morgan fingerprint density at radius 1 is 1.03 bits per heavy atom. The molecule has 3 N–H and O–H groups in total. The van der Waals surface area contributed by atoms with Crippen LogP contribution in [0.3, 0.4) is 0 Å². The van der Waals surface area contributed by atoms with Crippen LogP contribution in [0, 0.1) is 17.5 Å². The van der Waals surface area contributed by atoms with Gasteiger partial charge in [-0.05, 0) is 29.8 Å². The topological polar surface area (TPSA) is 101 Å². The third-order valence-electron chi connectivity index (χ3n) is 5.18. The number of nitrogens with zero attached hydrogens (tertiary/aromatic N) is 3. The lowest BCUT2D eigenvalue weighted by Crippen LogP contribution is -2.55. The van der Waals surface area contributed by atoms with Crippen molar-refractivity contribution >= 4 is 11.8 Å². The van der Waals surface area contributed by atoms with Gasteiger partial charge in [-0.15, -0.1) is 16.9 Å². The van der Waals surface area contributed by atoms with Gasteiger partial charge in [-0.2, -0.15) is 0 Å². The summed E-state index contributed by atoms with van der Waals surface area (Å²) in [5, 5.41) is 39.2. The fourth-order valence-corrected chi connectivity index (χ4v) is 4.64. The van der Waals surface area contributed by atoms with Gasteiger partial charge in [0.2, 0.25) is 0 Å². The number of aliphatic hydroxyl groups is 3. The first-order chi connectivity index (χ1) is 15.4. The number of benzene rings is 2. The number of halogens is 3. The first-order valence-electron chi connectivity index (χ1n) is 9.73. The lowest BCUT2D eigenvalue weighted by atomic mass is 9.97. The first kappa shape index (κ1) is 22.7. The Labute approximate surface area is 185 Å². The van der Waals surface area contributed by atoms with Crippen LogP contribution in [-0.4, -0.2) is 60.7 Å². The van der Waals surface area contributed by atoms with Crippen molar-refractivity contribution in [3.05, 3.63) is 71.7 Å². The first-order valence-corrected chi connectivity index (χ1v) is 10.8. The van der Waals surface area contributed by atoms with Crippen molar-refractivity contribution in [1.29, 1.82) is 0 Å². The summed E-state index contributed by atoms with van der Waals surface area (Å²) in [4.78, 5) is 0. The van der Waals surface area contributed by atoms with Crippen LogP contribution < -0.4 is 0 Å². The second-order valence-corrected chi connectivity index (χ2v) is 8.44. The van der Waals surface area contributed by atoms with Gasteiger partial charge in [0.1, 0.15) is 41.3 Å². The maximum absolute atomic E-state index is 13.5. The summed E-state index contributed by atoms with van der Waals surface area (Å²) in [6, 6.07) is 8.20. The predicted octanol–water partition coefficient (Wildman–Crippen LogP) is 2.28. The quantitative estimate of drug-likeness (QED) is 0.511. The molecule has 0 unspecified atom stereocenters. The lowest BCUT2D eigenvalue weighted by molar-refractivity contribution is -0.178. The molecule has 4 rings (SSSR count). The Morgan fingerprint density at radius 2 is 1.84 bits per heavy atom. The predicted molar refractivity (Wildman–Crippen MR) is 110 cm³/mol. The van der Waals surface area contributed by atoms with Crippen LogP contribution in [0.15, 0.2) is 48.7 Å². The molecule has 0 saturated carbocycles. The van der Waals surface area contributed by atoms with E-state index in [2.05, 4.69) is 10.3 Å². The summed E-state index contributed by atoms with van der Waals surface area (Å²) in [6.45, 7) is -0.516. The zero-order valence-electron chi connectivity index (χ0n) is 16.6. The van der Waals surface area contributed by atoms with E-state index in [1.54, 1.807) is 6.07 Å². The molecule has 32 heavy (non-hydrogen) atoms. The third-order valence-corrected chi connectivity index (χ3v) is 6.40. The molecule has 1 aromatic heterocycles. The SMILES string of the molecule is OC[C@H]1O[C@@H](SCc2ccc(F)c(F)c2)[C@H](O)[C@@H](n2cc(-c3cccc(F)c3)nn2)[C@H]1O. The molecule has 3 aromatic rings. The highest BCUT2D eigenvalue weighted by Gasteiger charge is 2.46. The van der Waals surface area contributed by atoms with Crippen molar-refractivity contribution in [3.63, 3.8) is 0 Å². The van der Waals surface area contributed by atoms with Crippen molar-refractivity contribution in [2.75, 3.05) is 6.61 Å². The van der Waals surface area contributed by atoms with Crippen molar-refractivity contribution < 1.29 is 33.2 Å². The summed E-state index contributed by atoms with van der Waals surface area (Å²) in [5.41, 5.74) is 0.370. The Hall–Kier alpha value is -2.44. The maximum Gasteiger partial charge on any atom is 0.159 e. The molecule has 0 radical (unpaired) electrons. The molecule has 2 heterocycles. The molecule has 0 aliphatic carbocycles. The summed E-state index contributed by atoms with van der Waals surface area (Å²) in [5.74, 6) is -2.21. The lowest BCUT2D eigenvalue weighted by Gasteiger charge is -2.41. The van der Waals surface area contributed by atoms with Crippen LogP contribution in [0.1, 0.15) is 11.6 Å². The molecule has 1 aliphatic rings. The molecule has 5 atom stereocenters. The number of hydrogen-bond donors (Lipinski definition) is 3. The maximum atomic E-state index is 13.5.